The lowest BCUT2D eigenvalue weighted by atomic mass is 10.0. The minimum Gasteiger partial charge on any atom is -0.373 e. The van der Waals surface area contributed by atoms with E-state index >= 15 is 0 Å². The highest BCUT2D eigenvalue weighted by Crippen LogP contribution is 2.59. The standard InChI is InChI=1S/C26H31F2NO/c27-26(28)14-3-15-29(19-26)17-20-4-8-22(9-5-20)23-10-6-21(7-11-23)18-30-24-16-25(24)12-1-2-13-25/h4-11,24H,1-3,12-19H2. The van der Waals surface area contributed by atoms with Crippen LogP contribution in [0, 0.1) is 5.41 Å². The van der Waals surface area contributed by atoms with E-state index in [4.69, 9.17) is 4.74 Å². The number of nitrogens with zero attached hydrogens (tertiary/aromatic N) is 1. The molecule has 1 spiro atoms. The number of ether oxygens (including phenoxy) is 1. The number of hydrogen-bond acceptors (Lipinski definition) is 2. The van der Waals surface area contributed by atoms with Crippen LogP contribution in [0.15, 0.2) is 48.5 Å². The predicted octanol–water partition coefficient (Wildman–Crippen LogP) is 6.43. The highest BCUT2D eigenvalue weighted by molar-refractivity contribution is 5.63. The summed E-state index contributed by atoms with van der Waals surface area (Å²) >= 11 is 0. The van der Waals surface area contributed by atoms with Crippen LogP contribution in [0.1, 0.15) is 56.1 Å². The van der Waals surface area contributed by atoms with Crippen LogP contribution in [0.4, 0.5) is 8.78 Å². The van der Waals surface area contributed by atoms with E-state index in [1.807, 2.05) is 4.90 Å². The first-order valence-corrected chi connectivity index (χ1v) is 11.4. The van der Waals surface area contributed by atoms with Gasteiger partial charge in [-0.3, -0.25) is 4.90 Å². The summed E-state index contributed by atoms with van der Waals surface area (Å²) in [6, 6.07) is 16.9. The molecule has 0 amide bonds. The molecule has 3 fully saturated rings. The highest BCUT2D eigenvalue weighted by Gasteiger charge is 2.55. The van der Waals surface area contributed by atoms with Gasteiger partial charge in [0.15, 0.2) is 0 Å². The lowest BCUT2D eigenvalue weighted by molar-refractivity contribution is -0.0661. The summed E-state index contributed by atoms with van der Waals surface area (Å²) in [5.41, 5.74) is 5.18. The van der Waals surface area contributed by atoms with Crippen LogP contribution in [-0.2, 0) is 17.9 Å². The van der Waals surface area contributed by atoms with Gasteiger partial charge in [-0.15, -0.1) is 0 Å². The average Bonchev–Trinajstić information content (AvgIpc) is 3.19. The molecular weight excluding hydrogens is 380 g/mol. The van der Waals surface area contributed by atoms with Crippen LogP contribution in [-0.4, -0.2) is 30.0 Å². The fourth-order valence-electron chi connectivity index (χ4n) is 5.38. The van der Waals surface area contributed by atoms with Gasteiger partial charge in [-0.25, -0.2) is 8.78 Å². The minimum absolute atomic E-state index is 0.0189. The van der Waals surface area contributed by atoms with Gasteiger partial charge in [-0.1, -0.05) is 61.4 Å². The molecule has 1 unspecified atom stereocenters. The molecule has 0 bridgehead atoms. The van der Waals surface area contributed by atoms with Crippen molar-refractivity contribution in [2.24, 2.45) is 5.41 Å². The SMILES string of the molecule is FC1(F)CCCN(Cc2ccc(-c3ccc(COC4CC45CCCC5)cc3)cc2)C1. The molecule has 2 nitrogen and oxygen atoms in total. The molecule has 2 aromatic rings. The number of likely N-dealkylation sites (tertiary alicyclic amines) is 1. The fourth-order valence-corrected chi connectivity index (χ4v) is 5.38. The maximum Gasteiger partial charge on any atom is 0.260 e. The Morgan fingerprint density at radius 3 is 2.10 bits per heavy atom. The van der Waals surface area contributed by atoms with Crippen molar-refractivity contribution in [1.82, 2.24) is 4.90 Å². The smallest absolute Gasteiger partial charge is 0.260 e. The Labute approximate surface area is 178 Å². The van der Waals surface area contributed by atoms with Gasteiger partial charge < -0.3 is 4.74 Å². The van der Waals surface area contributed by atoms with Gasteiger partial charge in [0, 0.05) is 13.0 Å². The number of hydrogen-bond donors (Lipinski definition) is 0. The molecule has 1 aliphatic heterocycles. The highest BCUT2D eigenvalue weighted by atomic mass is 19.3. The van der Waals surface area contributed by atoms with E-state index in [0.717, 1.165) is 17.7 Å². The van der Waals surface area contributed by atoms with Gasteiger partial charge in [0.25, 0.3) is 5.92 Å². The van der Waals surface area contributed by atoms with Gasteiger partial charge >= 0.3 is 0 Å². The number of piperidine rings is 1. The number of benzene rings is 2. The second kappa shape index (κ2) is 8.05. The van der Waals surface area contributed by atoms with Gasteiger partial charge in [0.05, 0.1) is 19.3 Å². The number of halogens is 2. The quantitative estimate of drug-likeness (QED) is 0.543. The van der Waals surface area contributed by atoms with E-state index in [2.05, 4.69) is 48.5 Å². The maximum absolute atomic E-state index is 13.6. The van der Waals surface area contributed by atoms with Crippen molar-refractivity contribution in [3.8, 4) is 11.1 Å². The normalized spacial score (nSPS) is 24.9. The van der Waals surface area contributed by atoms with Crippen molar-refractivity contribution in [3.05, 3.63) is 59.7 Å². The van der Waals surface area contributed by atoms with Crippen molar-refractivity contribution in [2.45, 2.75) is 70.1 Å². The first-order chi connectivity index (χ1) is 14.5. The topological polar surface area (TPSA) is 12.5 Å². The molecule has 1 atom stereocenters. The van der Waals surface area contributed by atoms with Gasteiger partial charge in [-0.2, -0.15) is 0 Å². The second-order valence-electron chi connectivity index (χ2n) is 9.64. The van der Waals surface area contributed by atoms with Gasteiger partial charge in [0.2, 0.25) is 0 Å². The number of rotatable bonds is 6. The summed E-state index contributed by atoms with van der Waals surface area (Å²) in [7, 11) is 0. The molecule has 5 rings (SSSR count). The van der Waals surface area contributed by atoms with E-state index in [-0.39, 0.29) is 13.0 Å². The van der Waals surface area contributed by atoms with E-state index in [9.17, 15) is 8.78 Å². The van der Waals surface area contributed by atoms with Crippen LogP contribution in [0.5, 0.6) is 0 Å². The van der Waals surface area contributed by atoms with E-state index in [1.165, 1.54) is 43.2 Å². The summed E-state index contributed by atoms with van der Waals surface area (Å²) in [6.45, 7) is 1.92. The Balaban J connectivity index is 1.15. The molecule has 1 heterocycles. The third kappa shape index (κ3) is 4.45. The molecule has 30 heavy (non-hydrogen) atoms. The van der Waals surface area contributed by atoms with Crippen LogP contribution in [0.3, 0.4) is 0 Å². The molecule has 0 aromatic heterocycles. The van der Waals surface area contributed by atoms with E-state index in [0.29, 0.717) is 31.1 Å². The molecule has 2 aliphatic carbocycles. The van der Waals surface area contributed by atoms with Crippen molar-refractivity contribution in [1.29, 1.82) is 0 Å². The van der Waals surface area contributed by atoms with Crippen molar-refractivity contribution < 1.29 is 13.5 Å². The third-order valence-electron chi connectivity index (χ3n) is 7.28. The minimum atomic E-state index is -2.54. The van der Waals surface area contributed by atoms with Crippen LogP contribution < -0.4 is 0 Å². The van der Waals surface area contributed by atoms with Crippen molar-refractivity contribution >= 4 is 0 Å². The Morgan fingerprint density at radius 1 is 0.833 bits per heavy atom. The summed E-state index contributed by atoms with van der Waals surface area (Å²) in [5.74, 6) is -2.54. The first-order valence-electron chi connectivity index (χ1n) is 11.4. The van der Waals surface area contributed by atoms with Crippen molar-refractivity contribution in [2.75, 3.05) is 13.1 Å². The monoisotopic (exact) mass is 411 g/mol. The lowest BCUT2D eigenvalue weighted by Crippen LogP contribution is -2.41. The molecular formula is C26H31F2NO. The van der Waals surface area contributed by atoms with Crippen LogP contribution >= 0.6 is 0 Å². The molecule has 2 saturated carbocycles. The zero-order valence-corrected chi connectivity index (χ0v) is 17.6. The Kier molecular flexibility index (Phi) is 5.40. The maximum atomic E-state index is 13.6. The molecule has 2 aromatic carbocycles. The van der Waals surface area contributed by atoms with Crippen LogP contribution in [0.25, 0.3) is 11.1 Å². The predicted molar refractivity (Wildman–Crippen MR) is 115 cm³/mol. The summed E-state index contributed by atoms with van der Waals surface area (Å²) in [5, 5.41) is 0. The Hall–Kier alpha value is -1.78. The summed E-state index contributed by atoms with van der Waals surface area (Å²) in [4.78, 5) is 1.86. The molecule has 0 N–H and O–H groups in total. The number of alkyl halides is 2. The zero-order chi connectivity index (χ0) is 20.6. The Bertz CT molecular complexity index is 856. The molecule has 1 saturated heterocycles. The largest absolute Gasteiger partial charge is 0.373 e. The lowest BCUT2D eigenvalue weighted by Gasteiger charge is -2.32. The summed E-state index contributed by atoms with van der Waals surface area (Å²) in [6.07, 6.45) is 7.78. The fraction of sp³-hybridized carbons (Fsp3) is 0.538. The molecule has 0 radical (unpaired) electrons. The van der Waals surface area contributed by atoms with E-state index in [1.54, 1.807) is 0 Å². The van der Waals surface area contributed by atoms with Gasteiger partial charge in [0.1, 0.15) is 0 Å². The summed E-state index contributed by atoms with van der Waals surface area (Å²) < 4.78 is 33.4. The molecule has 4 heteroatoms. The Morgan fingerprint density at radius 2 is 1.47 bits per heavy atom. The first kappa shape index (κ1) is 20.1. The second-order valence-corrected chi connectivity index (χ2v) is 9.64. The average molecular weight is 412 g/mol. The third-order valence-corrected chi connectivity index (χ3v) is 7.28. The van der Waals surface area contributed by atoms with E-state index < -0.39 is 5.92 Å². The molecule has 160 valence electrons. The zero-order valence-electron chi connectivity index (χ0n) is 17.6. The molecule has 3 aliphatic rings. The van der Waals surface area contributed by atoms with Crippen LogP contribution in [0.2, 0.25) is 0 Å². The van der Waals surface area contributed by atoms with Gasteiger partial charge in [-0.05, 0) is 59.9 Å². The van der Waals surface area contributed by atoms with Crippen molar-refractivity contribution in [3.63, 3.8) is 0 Å².